The number of fused-ring (bicyclic) bond motifs is 1. The van der Waals surface area contributed by atoms with Gasteiger partial charge in [-0.25, -0.2) is 12.7 Å². The number of hydrogen-bond donors (Lipinski definition) is 1. The summed E-state index contributed by atoms with van der Waals surface area (Å²) in [4.78, 5) is 41.2. The molecule has 1 aliphatic rings. The number of hydrogen-bond acceptors (Lipinski definition) is 5. The summed E-state index contributed by atoms with van der Waals surface area (Å²) in [6, 6.07) is 22.3. The summed E-state index contributed by atoms with van der Waals surface area (Å²) in [5.41, 5.74) is 2.89. The lowest BCUT2D eigenvalue weighted by Gasteiger charge is -2.32. The average molecular weight is 534 g/mol. The number of amides is 3. The van der Waals surface area contributed by atoms with Crippen molar-refractivity contribution in [2.45, 2.75) is 44.2 Å². The molecule has 198 valence electrons. The number of nitrogens with zero attached hydrogens (tertiary/aromatic N) is 2. The zero-order valence-corrected chi connectivity index (χ0v) is 22.3. The van der Waals surface area contributed by atoms with Crippen molar-refractivity contribution >= 4 is 27.7 Å². The zero-order valence-electron chi connectivity index (χ0n) is 21.5. The van der Waals surface area contributed by atoms with E-state index in [-0.39, 0.29) is 42.3 Å². The first kappa shape index (κ1) is 27.1. The van der Waals surface area contributed by atoms with Gasteiger partial charge in [-0.2, -0.15) is 0 Å². The number of rotatable bonds is 10. The molecule has 0 aliphatic carbocycles. The first-order valence-electron chi connectivity index (χ1n) is 12.5. The number of sulfonamides is 1. The van der Waals surface area contributed by atoms with Crippen molar-refractivity contribution in [1.29, 1.82) is 0 Å². The SMILES string of the molecule is CCNC(=O)[C@@H](Cc1ccccc1)N(Cc1ccc(C)cc1)C(=O)CCN1C(=O)c2ccccc2S1(=O)=O. The van der Waals surface area contributed by atoms with Crippen LogP contribution in [0, 0.1) is 6.92 Å². The number of aryl methyl sites for hydroxylation is 1. The molecule has 0 aromatic heterocycles. The summed E-state index contributed by atoms with van der Waals surface area (Å²) >= 11 is 0. The molecular formula is C29H31N3O5S. The Morgan fingerprint density at radius 1 is 0.921 bits per heavy atom. The Bertz CT molecular complexity index is 1420. The third kappa shape index (κ3) is 5.78. The maximum Gasteiger partial charge on any atom is 0.269 e. The van der Waals surface area contributed by atoms with Crippen LogP contribution in [0.15, 0.2) is 83.8 Å². The molecule has 0 spiro atoms. The molecule has 9 heteroatoms. The fourth-order valence-electron chi connectivity index (χ4n) is 4.53. The Morgan fingerprint density at radius 3 is 2.24 bits per heavy atom. The van der Waals surface area contributed by atoms with Crippen LogP contribution in [0.5, 0.6) is 0 Å². The highest BCUT2D eigenvalue weighted by Crippen LogP contribution is 2.30. The van der Waals surface area contributed by atoms with Crippen molar-refractivity contribution in [1.82, 2.24) is 14.5 Å². The zero-order chi connectivity index (χ0) is 27.3. The highest BCUT2D eigenvalue weighted by atomic mass is 32.2. The van der Waals surface area contributed by atoms with Crippen LogP contribution in [0.1, 0.15) is 40.4 Å². The molecule has 0 radical (unpaired) electrons. The molecule has 1 atom stereocenters. The van der Waals surface area contributed by atoms with Crippen LogP contribution in [-0.4, -0.2) is 54.5 Å². The summed E-state index contributed by atoms with van der Waals surface area (Å²) in [6.07, 6.45) is 0.0339. The van der Waals surface area contributed by atoms with Gasteiger partial charge in [-0.15, -0.1) is 0 Å². The minimum atomic E-state index is -4.04. The van der Waals surface area contributed by atoms with Crippen molar-refractivity contribution < 1.29 is 22.8 Å². The summed E-state index contributed by atoms with van der Waals surface area (Å²) in [5, 5.41) is 2.83. The van der Waals surface area contributed by atoms with E-state index in [4.69, 9.17) is 0 Å². The van der Waals surface area contributed by atoms with Crippen molar-refractivity contribution in [3.63, 3.8) is 0 Å². The van der Waals surface area contributed by atoms with Gasteiger partial charge in [0.25, 0.3) is 15.9 Å². The highest BCUT2D eigenvalue weighted by Gasteiger charge is 2.41. The van der Waals surface area contributed by atoms with Crippen molar-refractivity contribution in [2.24, 2.45) is 0 Å². The molecule has 0 unspecified atom stereocenters. The monoisotopic (exact) mass is 533 g/mol. The van der Waals surface area contributed by atoms with E-state index in [2.05, 4.69) is 5.32 Å². The Labute approximate surface area is 223 Å². The Morgan fingerprint density at radius 2 is 1.58 bits per heavy atom. The number of likely N-dealkylation sites (N-methyl/N-ethyl adjacent to an activating group) is 1. The third-order valence-electron chi connectivity index (χ3n) is 6.54. The maximum atomic E-state index is 13.7. The number of carbonyl (C=O) groups is 3. The smallest absolute Gasteiger partial charge is 0.269 e. The quantitative estimate of drug-likeness (QED) is 0.431. The van der Waals surface area contributed by atoms with Gasteiger partial charge in [-0.3, -0.25) is 14.4 Å². The van der Waals surface area contributed by atoms with Gasteiger partial charge in [0, 0.05) is 32.5 Å². The van der Waals surface area contributed by atoms with Gasteiger partial charge in [0.05, 0.1) is 5.56 Å². The van der Waals surface area contributed by atoms with Crippen molar-refractivity contribution in [3.05, 3.63) is 101 Å². The predicted octanol–water partition coefficient (Wildman–Crippen LogP) is 3.31. The third-order valence-corrected chi connectivity index (χ3v) is 8.38. The van der Waals surface area contributed by atoms with Gasteiger partial charge >= 0.3 is 0 Å². The molecule has 1 heterocycles. The Hall–Kier alpha value is -3.98. The fraction of sp³-hybridized carbons (Fsp3) is 0.276. The molecule has 0 saturated heterocycles. The second kappa shape index (κ2) is 11.6. The normalized spacial score (nSPS) is 14.6. The summed E-state index contributed by atoms with van der Waals surface area (Å²) in [6.45, 7) is 4.02. The number of nitrogens with one attached hydrogen (secondary N) is 1. The summed E-state index contributed by atoms with van der Waals surface area (Å²) in [7, 11) is -4.04. The molecule has 4 rings (SSSR count). The Kier molecular flexibility index (Phi) is 8.26. The van der Waals surface area contributed by atoms with Gasteiger partial charge < -0.3 is 10.2 Å². The lowest BCUT2D eigenvalue weighted by molar-refractivity contribution is -0.141. The molecule has 1 N–H and O–H groups in total. The van der Waals surface area contributed by atoms with E-state index in [0.29, 0.717) is 6.54 Å². The van der Waals surface area contributed by atoms with E-state index >= 15 is 0 Å². The van der Waals surface area contributed by atoms with Crippen LogP contribution < -0.4 is 5.32 Å². The van der Waals surface area contributed by atoms with Crippen LogP contribution >= 0.6 is 0 Å². The molecule has 1 aliphatic heterocycles. The van der Waals surface area contributed by atoms with Crippen LogP contribution in [0.3, 0.4) is 0 Å². The average Bonchev–Trinajstić information content (AvgIpc) is 3.11. The summed E-state index contributed by atoms with van der Waals surface area (Å²) < 4.78 is 26.7. The van der Waals surface area contributed by atoms with Crippen LogP contribution in [0.25, 0.3) is 0 Å². The van der Waals surface area contributed by atoms with Crippen LogP contribution in [0.4, 0.5) is 0 Å². The molecule has 8 nitrogen and oxygen atoms in total. The lowest BCUT2D eigenvalue weighted by atomic mass is 10.0. The minimum Gasteiger partial charge on any atom is -0.355 e. The lowest BCUT2D eigenvalue weighted by Crippen LogP contribution is -2.51. The van der Waals surface area contributed by atoms with Gasteiger partial charge in [0.2, 0.25) is 11.8 Å². The number of benzene rings is 3. The van der Waals surface area contributed by atoms with E-state index in [0.717, 1.165) is 21.0 Å². The predicted molar refractivity (Wildman–Crippen MR) is 144 cm³/mol. The van der Waals surface area contributed by atoms with E-state index in [1.807, 2.05) is 68.4 Å². The molecule has 0 bridgehead atoms. The highest BCUT2D eigenvalue weighted by molar-refractivity contribution is 7.90. The molecule has 0 fully saturated rings. The van der Waals surface area contributed by atoms with Crippen LogP contribution in [0.2, 0.25) is 0 Å². The minimum absolute atomic E-state index is 0.0572. The molecule has 3 amide bonds. The molecule has 38 heavy (non-hydrogen) atoms. The maximum absolute atomic E-state index is 13.7. The Balaban J connectivity index is 1.62. The molecule has 0 saturated carbocycles. The molecule has 3 aromatic carbocycles. The number of carbonyl (C=O) groups excluding carboxylic acids is 3. The van der Waals surface area contributed by atoms with Crippen molar-refractivity contribution in [2.75, 3.05) is 13.1 Å². The van der Waals surface area contributed by atoms with Gasteiger partial charge in [-0.05, 0) is 37.1 Å². The van der Waals surface area contributed by atoms with E-state index < -0.39 is 27.9 Å². The first-order chi connectivity index (χ1) is 18.2. The van der Waals surface area contributed by atoms with E-state index in [1.165, 1.54) is 17.0 Å². The van der Waals surface area contributed by atoms with Gasteiger partial charge in [-0.1, -0.05) is 72.3 Å². The van der Waals surface area contributed by atoms with E-state index in [1.54, 1.807) is 12.1 Å². The van der Waals surface area contributed by atoms with Crippen molar-refractivity contribution in [3.8, 4) is 0 Å². The second-order valence-electron chi connectivity index (χ2n) is 9.24. The molecular weight excluding hydrogens is 502 g/mol. The van der Waals surface area contributed by atoms with Gasteiger partial charge in [0.15, 0.2) is 0 Å². The van der Waals surface area contributed by atoms with E-state index in [9.17, 15) is 22.8 Å². The fourth-order valence-corrected chi connectivity index (χ4v) is 6.10. The van der Waals surface area contributed by atoms with Gasteiger partial charge in [0.1, 0.15) is 10.9 Å². The standard InChI is InChI=1S/C29H31N3O5S/c1-3-30-28(34)25(19-22-9-5-4-6-10-22)31(20-23-15-13-21(2)14-16-23)27(33)17-18-32-29(35)24-11-7-8-12-26(24)38(32,36)37/h4-16,25H,3,17-20H2,1-2H3,(H,30,34)/t25-/m1/s1. The first-order valence-corrected chi connectivity index (χ1v) is 14.0. The summed E-state index contributed by atoms with van der Waals surface area (Å²) in [5.74, 6) is -1.37. The van der Waals surface area contributed by atoms with Crippen LogP contribution in [-0.2, 0) is 32.6 Å². The largest absolute Gasteiger partial charge is 0.355 e. The molecule has 3 aromatic rings. The second-order valence-corrected chi connectivity index (χ2v) is 11.1. The topological polar surface area (TPSA) is 104 Å².